The number of ether oxygens (including phenoxy) is 5. The van der Waals surface area contributed by atoms with Crippen molar-refractivity contribution in [2.75, 3.05) is 39.1 Å². The zero-order valence-corrected chi connectivity index (χ0v) is 24.5. The molecular formula is C29H29BrN4O6. The summed E-state index contributed by atoms with van der Waals surface area (Å²) in [6.45, 7) is 3.85. The maximum absolute atomic E-state index is 13.5. The zero-order valence-electron chi connectivity index (χ0n) is 22.9. The van der Waals surface area contributed by atoms with Gasteiger partial charge in [-0.1, -0.05) is 34.1 Å². The van der Waals surface area contributed by atoms with Crippen LogP contribution in [-0.2, 0) is 0 Å². The fourth-order valence-corrected chi connectivity index (χ4v) is 4.30. The van der Waals surface area contributed by atoms with Gasteiger partial charge in [0.25, 0.3) is 5.91 Å². The van der Waals surface area contributed by atoms with Gasteiger partial charge >= 0.3 is 0 Å². The van der Waals surface area contributed by atoms with Crippen LogP contribution >= 0.6 is 15.9 Å². The van der Waals surface area contributed by atoms with Crippen LogP contribution in [0.5, 0.6) is 34.6 Å². The molecule has 0 aliphatic rings. The van der Waals surface area contributed by atoms with Crippen molar-refractivity contribution in [1.29, 1.82) is 0 Å². The molecule has 1 amide bonds. The largest absolute Gasteiger partial charge is 0.493 e. The molecule has 4 aromatic rings. The number of anilines is 3. The number of benzene rings is 3. The number of hydrogen-bond acceptors (Lipinski definition) is 9. The first-order valence-electron chi connectivity index (χ1n) is 12.1. The molecule has 10 nitrogen and oxygen atoms in total. The summed E-state index contributed by atoms with van der Waals surface area (Å²) in [6.07, 6.45) is 1.40. The summed E-state index contributed by atoms with van der Waals surface area (Å²) in [6, 6.07) is 14.5. The van der Waals surface area contributed by atoms with E-state index >= 15 is 0 Å². The van der Waals surface area contributed by atoms with Gasteiger partial charge in [0.1, 0.15) is 5.56 Å². The Morgan fingerprint density at radius 2 is 1.48 bits per heavy atom. The molecule has 3 aromatic carbocycles. The molecule has 0 saturated heterocycles. The van der Waals surface area contributed by atoms with Crippen LogP contribution in [0.3, 0.4) is 0 Å². The lowest BCUT2D eigenvalue weighted by molar-refractivity contribution is 0.102. The van der Waals surface area contributed by atoms with Crippen LogP contribution in [0.2, 0.25) is 0 Å². The summed E-state index contributed by atoms with van der Waals surface area (Å²) in [5.41, 5.74) is 3.25. The van der Waals surface area contributed by atoms with Crippen molar-refractivity contribution in [3.63, 3.8) is 0 Å². The summed E-state index contributed by atoms with van der Waals surface area (Å²) in [4.78, 5) is 22.4. The zero-order chi connectivity index (χ0) is 28.8. The molecule has 0 radical (unpaired) electrons. The average molecular weight is 609 g/mol. The number of hydrogen-bond donors (Lipinski definition) is 2. The van der Waals surface area contributed by atoms with Gasteiger partial charge in [-0.3, -0.25) is 4.79 Å². The Balaban J connectivity index is 1.75. The Hall–Kier alpha value is -4.51. The lowest BCUT2D eigenvalue weighted by Gasteiger charge is -2.17. The van der Waals surface area contributed by atoms with Crippen LogP contribution < -0.4 is 34.3 Å². The van der Waals surface area contributed by atoms with Crippen molar-refractivity contribution in [2.45, 2.75) is 13.8 Å². The monoisotopic (exact) mass is 608 g/mol. The third-order valence-electron chi connectivity index (χ3n) is 5.97. The second-order valence-electron chi connectivity index (χ2n) is 8.57. The molecule has 0 unspecified atom stereocenters. The van der Waals surface area contributed by atoms with Crippen LogP contribution in [0, 0.1) is 13.8 Å². The topological polar surface area (TPSA) is 113 Å². The van der Waals surface area contributed by atoms with E-state index in [0.29, 0.717) is 40.1 Å². The number of carbonyl (C=O) groups excluding carboxylic acids is 1. The molecule has 0 aliphatic heterocycles. The number of rotatable bonds is 10. The Kier molecular flexibility index (Phi) is 8.95. The summed E-state index contributed by atoms with van der Waals surface area (Å²) in [7, 11) is 6.11. The number of nitrogens with zero attached hydrogens (tertiary/aromatic N) is 2. The van der Waals surface area contributed by atoms with Gasteiger partial charge in [-0.05, 0) is 43.2 Å². The van der Waals surface area contributed by atoms with E-state index in [-0.39, 0.29) is 17.4 Å². The maximum atomic E-state index is 13.5. The maximum Gasteiger partial charge on any atom is 0.262 e. The Labute approximate surface area is 240 Å². The highest BCUT2D eigenvalue weighted by Crippen LogP contribution is 2.41. The van der Waals surface area contributed by atoms with E-state index < -0.39 is 5.91 Å². The number of carbonyl (C=O) groups is 1. The minimum absolute atomic E-state index is 0.0225. The first kappa shape index (κ1) is 28.5. The van der Waals surface area contributed by atoms with Crippen molar-refractivity contribution >= 4 is 39.2 Å². The van der Waals surface area contributed by atoms with Gasteiger partial charge in [0, 0.05) is 34.2 Å². The van der Waals surface area contributed by atoms with E-state index in [1.807, 2.05) is 32.0 Å². The predicted octanol–water partition coefficient (Wildman–Crippen LogP) is 6.68. The van der Waals surface area contributed by atoms with Crippen molar-refractivity contribution in [2.24, 2.45) is 0 Å². The fraction of sp³-hybridized carbons (Fsp3) is 0.207. The average Bonchev–Trinajstić information content (AvgIpc) is 2.95. The second-order valence-corrected chi connectivity index (χ2v) is 9.49. The predicted molar refractivity (Wildman–Crippen MR) is 156 cm³/mol. The smallest absolute Gasteiger partial charge is 0.262 e. The van der Waals surface area contributed by atoms with Gasteiger partial charge in [0.05, 0.1) is 28.4 Å². The van der Waals surface area contributed by atoms with Crippen molar-refractivity contribution in [3.8, 4) is 34.6 Å². The van der Waals surface area contributed by atoms with Crippen LogP contribution in [0.4, 0.5) is 17.3 Å². The highest BCUT2D eigenvalue weighted by atomic mass is 79.9. The van der Waals surface area contributed by atoms with Crippen molar-refractivity contribution in [3.05, 3.63) is 75.9 Å². The van der Waals surface area contributed by atoms with Gasteiger partial charge in [-0.2, -0.15) is 4.98 Å². The van der Waals surface area contributed by atoms with Crippen LogP contribution in [-0.4, -0.2) is 44.3 Å². The van der Waals surface area contributed by atoms with E-state index in [1.165, 1.54) is 34.6 Å². The highest BCUT2D eigenvalue weighted by Gasteiger charge is 2.21. The van der Waals surface area contributed by atoms with Gasteiger partial charge < -0.3 is 34.3 Å². The van der Waals surface area contributed by atoms with E-state index in [2.05, 4.69) is 36.5 Å². The van der Waals surface area contributed by atoms with Crippen LogP contribution in [0.1, 0.15) is 21.5 Å². The second kappa shape index (κ2) is 12.6. The van der Waals surface area contributed by atoms with E-state index in [0.717, 1.165) is 15.6 Å². The first-order chi connectivity index (χ1) is 19.3. The highest BCUT2D eigenvalue weighted by molar-refractivity contribution is 9.10. The normalized spacial score (nSPS) is 10.5. The van der Waals surface area contributed by atoms with Crippen molar-refractivity contribution < 1.29 is 28.5 Å². The molecule has 40 heavy (non-hydrogen) atoms. The Morgan fingerprint density at radius 3 is 2.08 bits per heavy atom. The molecule has 0 spiro atoms. The minimum Gasteiger partial charge on any atom is -0.493 e. The third-order valence-corrected chi connectivity index (χ3v) is 6.46. The van der Waals surface area contributed by atoms with Gasteiger partial charge in [0.2, 0.25) is 17.6 Å². The quantitative estimate of drug-likeness (QED) is 0.203. The fourth-order valence-electron chi connectivity index (χ4n) is 3.96. The molecule has 0 fully saturated rings. The Bertz CT molecular complexity index is 1500. The number of nitrogens with one attached hydrogen (secondary N) is 2. The lowest BCUT2D eigenvalue weighted by atomic mass is 10.1. The summed E-state index contributed by atoms with van der Waals surface area (Å²) in [5, 5.41) is 6.08. The third kappa shape index (κ3) is 6.20. The van der Waals surface area contributed by atoms with Gasteiger partial charge in [-0.15, -0.1) is 0 Å². The SMILES string of the molecule is COc1cc(Br)ccc1Oc1nc(Nc2cc(OC)c(OC)c(OC)c2)ncc1C(=O)Nc1c(C)cccc1C. The lowest BCUT2D eigenvalue weighted by Crippen LogP contribution is -2.16. The molecule has 0 saturated carbocycles. The molecule has 1 heterocycles. The number of aryl methyl sites for hydroxylation is 2. The molecular weight excluding hydrogens is 580 g/mol. The number of halogens is 1. The van der Waals surface area contributed by atoms with E-state index in [1.54, 1.807) is 30.3 Å². The molecule has 0 aliphatic carbocycles. The molecule has 2 N–H and O–H groups in total. The molecule has 1 aromatic heterocycles. The molecule has 11 heteroatoms. The first-order valence-corrected chi connectivity index (χ1v) is 12.9. The summed E-state index contributed by atoms with van der Waals surface area (Å²) >= 11 is 3.43. The summed E-state index contributed by atoms with van der Waals surface area (Å²) in [5.74, 6) is 1.93. The van der Waals surface area contributed by atoms with E-state index in [4.69, 9.17) is 23.7 Å². The van der Waals surface area contributed by atoms with E-state index in [9.17, 15) is 4.79 Å². The summed E-state index contributed by atoms with van der Waals surface area (Å²) < 4.78 is 28.7. The van der Waals surface area contributed by atoms with Gasteiger partial charge in [-0.25, -0.2) is 4.98 Å². The number of amides is 1. The molecule has 4 rings (SSSR count). The molecule has 0 atom stereocenters. The van der Waals surface area contributed by atoms with Crippen molar-refractivity contribution in [1.82, 2.24) is 9.97 Å². The molecule has 0 bridgehead atoms. The number of methoxy groups -OCH3 is 4. The van der Waals surface area contributed by atoms with Gasteiger partial charge in [0.15, 0.2) is 23.0 Å². The Morgan fingerprint density at radius 1 is 0.825 bits per heavy atom. The standard InChI is InChI=1S/C29H29BrN4O6/c1-16-8-7-9-17(2)25(16)33-27(35)20-15-31-29(32-19-13-23(37-4)26(39-6)24(14-19)38-5)34-28(20)40-21-11-10-18(30)12-22(21)36-3/h7-15H,1-6H3,(H,33,35)(H,31,32,34). The van der Waals surface area contributed by atoms with Crippen LogP contribution in [0.15, 0.2) is 59.2 Å². The number of aromatic nitrogens is 2. The number of para-hydroxylation sites is 1. The molecule has 208 valence electrons. The minimum atomic E-state index is -0.428. The van der Waals surface area contributed by atoms with Crippen LogP contribution in [0.25, 0.3) is 0 Å².